The van der Waals surface area contributed by atoms with E-state index in [4.69, 9.17) is 4.74 Å². The number of rotatable bonds is 3. The Kier molecular flexibility index (Phi) is 3.28. The molecule has 0 atom stereocenters. The lowest BCUT2D eigenvalue weighted by Crippen LogP contribution is -2.32. The molecule has 1 aromatic heterocycles. The van der Waals surface area contributed by atoms with Gasteiger partial charge in [0, 0.05) is 29.1 Å². The summed E-state index contributed by atoms with van der Waals surface area (Å²) in [5, 5.41) is 4.58. The molecule has 0 fully saturated rings. The molecule has 5 heteroatoms. The zero-order valence-corrected chi connectivity index (χ0v) is 11.8. The maximum absolute atomic E-state index is 12.4. The van der Waals surface area contributed by atoms with Crippen LogP contribution in [0.1, 0.15) is 31.2 Å². The van der Waals surface area contributed by atoms with Crippen LogP contribution in [-0.4, -0.2) is 25.3 Å². The van der Waals surface area contributed by atoms with Gasteiger partial charge in [0.15, 0.2) is 0 Å². The molecule has 2 aromatic rings. The van der Waals surface area contributed by atoms with Crippen molar-refractivity contribution in [2.45, 2.75) is 6.42 Å². The van der Waals surface area contributed by atoms with Gasteiger partial charge in [0.05, 0.1) is 12.0 Å². The second-order valence-corrected chi connectivity index (χ2v) is 5.47. The van der Waals surface area contributed by atoms with E-state index in [-0.39, 0.29) is 11.7 Å². The minimum absolute atomic E-state index is 0.0838. The van der Waals surface area contributed by atoms with Gasteiger partial charge < -0.3 is 10.1 Å². The maximum Gasteiger partial charge on any atom is 0.251 e. The van der Waals surface area contributed by atoms with E-state index in [1.807, 2.05) is 6.07 Å². The summed E-state index contributed by atoms with van der Waals surface area (Å²) in [4.78, 5) is 24.8. The highest BCUT2D eigenvalue weighted by Crippen LogP contribution is 2.25. The summed E-state index contributed by atoms with van der Waals surface area (Å²) < 4.78 is 5.08. The van der Waals surface area contributed by atoms with E-state index < -0.39 is 0 Å². The average Bonchev–Trinajstić information content (AvgIpc) is 2.95. The van der Waals surface area contributed by atoms with Crippen molar-refractivity contribution in [2.24, 2.45) is 0 Å². The first kappa shape index (κ1) is 12.9. The average molecular weight is 287 g/mol. The highest BCUT2D eigenvalue weighted by Gasteiger charge is 2.19. The maximum atomic E-state index is 12.4. The molecule has 0 radical (unpaired) electrons. The van der Waals surface area contributed by atoms with E-state index in [2.05, 4.69) is 5.32 Å². The third kappa shape index (κ3) is 2.20. The Morgan fingerprint density at radius 3 is 2.95 bits per heavy atom. The van der Waals surface area contributed by atoms with E-state index in [1.165, 1.54) is 11.3 Å². The molecular weight excluding hydrogens is 274 g/mol. The van der Waals surface area contributed by atoms with Gasteiger partial charge in [-0.2, -0.15) is 0 Å². The highest BCUT2D eigenvalue weighted by molar-refractivity contribution is 7.12. The van der Waals surface area contributed by atoms with Crippen molar-refractivity contribution in [1.82, 2.24) is 5.32 Å². The van der Waals surface area contributed by atoms with Crippen molar-refractivity contribution in [3.8, 4) is 5.75 Å². The summed E-state index contributed by atoms with van der Waals surface area (Å²) in [5.74, 6) is 0.484. The van der Waals surface area contributed by atoms with Crippen molar-refractivity contribution in [2.75, 3.05) is 13.7 Å². The molecule has 102 valence electrons. The number of fused-ring (bicyclic) bond motifs is 1. The standard InChI is InChI=1S/C15H13NO3S/c1-19-11-7-13(20-8-11)14(17)10-3-2-9-4-5-16-15(18)12(9)6-10/h2-3,6-8H,4-5H2,1H3,(H,16,18). The molecule has 0 bridgehead atoms. The predicted octanol–water partition coefficient (Wildman–Crippen LogP) is 2.27. The number of thiophene rings is 1. The van der Waals surface area contributed by atoms with Gasteiger partial charge >= 0.3 is 0 Å². The molecule has 1 amide bonds. The fraction of sp³-hybridized carbons (Fsp3) is 0.200. The van der Waals surface area contributed by atoms with Crippen molar-refractivity contribution < 1.29 is 14.3 Å². The Hall–Kier alpha value is -2.14. The molecule has 3 rings (SSSR count). The summed E-state index contributed by atoms with van der Waals surface area (Å²) in [6.07, 6.45) is 0.808. The molecule has 1 aliphatic heterocycles. The first-order valence-corrected chi connectivity index (χ1v) is 7.15. The number of hydrogen-bond donors (Lipinski definition) is 1. The van der Waals surface area contributed by atoms with Crippen LogP contribution >= 0.6 is 11.3 Å². The number of methoxy groups -OCH3 is 1. The zero-order chi connectivity index (χ0) is 14.1. The van der Waals surface area contributed by atoms with Crippen LogP contribution in [0.5, 0.6) is 5.75 Å². The lowest BCUT2D eigenvalue weighted by atomic mass is 9.96. The van der Waals surface area contributed by atoms with Crippen LogP contribution < -0.4 is 10.1 Å². The van der Waals surface area contributed by atoms with E-state index in [1.54, 1.807) is 30.7 Å². The number of ether oxygens (including phenoxy) is 1. The molecule has 20 heavy (non-hydrogen) atoms. The fourth-order valence-corrected chi connectivity index (χ4v) is 3.06. The van der Waals surface area contributed by atoms with Crippen LogP contribution in [0.2, 0.25) is 0 Å². The van der Waals surface area contributed by atoms with Crippen LogP contribution in [0.15, 0.2) is 29.6 Å². The minimum Gasteiger partial charge on any atom is -0.496 e. The Balaban J connectivity index is 1.96. The van der Waals surface area contributed by atoms with E-state index >= 15 is 0 Å². The Bertz CT molecular complexity index is 690. The van der Waals surface area contributed by atoms with Crippen molar-refractivity contribution in [3.63, 3.8) is 0 Å². The summed E-state index contributed by atoms with van der Waals surface area (Å²) in [6.45, 7) is 0.654. The Morgan fingerprint density at radius 2 is 2.20 bits per heavy atom. The van der Waals surface area contributed by atoms with E-state index in [9.17, 15) is 9.59 Å². The van der Waals surface area contributed by atoms with Crippen LogP contribution in [0.3, 0.4) is 0 Å². The molecule has 1 aliphatic rings. The first-order valence-electron chi connectivity index (χ1n) is 6.27. The van der Waals surface area contributed by atoms with Gasteiger partial charge in [0.1, 0.15) is 5.75 Å². The minimum atomic E-state index is -0.107. The predicted molar refractivity (Wildman–Crippen MR) is 76.8 cm³/mol. The largest absolute Gasteiger partial charge is 0.496 e. The normalized spacial score (nSPS) is 13.6. The summed E-state index contributed by atoms with van der Waals surface area (Å²) in [5.41, 5.74) is 2.13. The Morgan fingerprint density at radius 1 is 1.35 bits per heavy atom. The van der Waals surface area contributed by atoms with Gasteiger partial charge in [-0.1, -0.05) is 12.1 Å². The number of hydrogen-bond acceptors (Lipinski definition) is 4. The summed E-state index contributed by atoms with van der Waals surface area (Å²) >= 11 is 1.34. The number of carbonyl (C=O) groups excluding carboxylic acids is 2. The van der Waals surface area contributed by atoms with Crippen LogP contribution in [-0.2, 0) is 6.42 Å². The Labute approximate surface area is 120 Å². The number of carbonyl (C=O) groups is 2. The highest BCUT2D eigenvalue weighted by atomic mass is 32.1. The van der Waals surface area contributed by atoms with Crippen molar-refractivity contribution >= 4 is 23.0 Å². The number of ketones is 1. The SMILES string of the molecule is COc1csc(C(=O)c2ccc3c(c2)C(=O)NCC3)c1. The van der Waals surface area contributed by atoms with Crippen molar-refractivity contribution in [3.05, 3.63) is 51.2 Å². The smallest absolute Gasteiger partial charge is 0.251 e. The van der Waals surface area contributed by atoms with Crippen LogP contribution in [0.25, 0.3) is 0 Å². The topological polar surface area (TPSA) is 55.4 Å². The second-order valence-electron chi connectivity index (χ2n) is 4.56. The van der Waals surface area contributed by atoms with E-state index in [0.29, 0.717) is 28.3 Å². The van der Waals surface area contributed by atoms with Gasteiger partial charge in [-0.3, -0.25) is 9.59 Å². The quantitative estimate of drug-likeness (QED) is 0.881. The van der Waals surface area contributed by atoms with E-state index in [0.717, 1.165) is 12.0 Å². The zero-order valence-electron chi connectivity index (χ0n) is 10.9. The second kappa shape index (κ2) is 5.09. The van der Waals surface area contributed by atoms with Gasteiger partial charge in [0.25, 0.3) is 5.91 Å². The van der Waals surface area contributed by atoms with Gasteiger partial charge in [-0.25, -0.2) is 0 Å². The number of benzene rings is 1. The third-order valence-corrected chi connectivity index (χ3v) is 4.24. The molecule has 4 nitrogen and oxygen atoms in total. The third-order valence-electron chi connectivity index (χ3n) is 3.33. The molecule has 1 aromatic carbocycles. The van der Waals surface area contributed by atoms with Crippen LogP contribution in [0.4, 0.5) is 0 Å². The fourth-order valence-electron chi connectivity index (χ4n) is 2.24. The molecule has 0 spiro atoms. The number of nitrogens with one attached hydrogen (secondary N) is 1. The van der Waals surface area contributed by atoms with Crippen LogP contribution in [0, 0.1) is 0 Å². The summed E-state index contributed by atoms with van der Waals surface area (Å²) in [6, 6.07) is 7.04. The molecule has 0 unspecified atom stereocenters. The lowest BCUT2D eigenvalue weighted by Gasteiger charge is -2.16. The molecule has 0 saturated carbocycles. The first-order chi connectivity index (χ1) is 9.69. The van der Waals surface area contributed by atoms with Gasteiger partial charge in [-0.15, -0.1) is 11.3 Å². The molecule has 0 saturated heterocycles. The van der Waals surface area contributed by atoms with Crippen molar-refractivity contribution in [1.29, 1.82) is 0 Å². The molecular formula is C15H13NO3S. The van der Waals surface area contributed by atoms with Gasteiger partial charge in [0.2, 0.25) is 5.78 Å². The molecule has 1 N–H and O–H groups in total. The monoisotopic (exact) mass is 287 g/mol. The number of amides is 1. The summed E-state index contributed by atoms with van der Waals surface area (Å²) in [7, 11) is 1.57. The van der Waals surface area contributed by atoms with Gasteiger partial charge in [-0.05, 0) is 18.1 Å². The lowest BCUT2D eigenvalue weighted by molar-refractivity contribution is 0.0946. The molecule has 2 heterocycles. The molecule has 0 aliphatic carbocycles.